The van der Waals surface area contributed by atoms with E-state index < -0.39 is 0 Å². The van der Waals surface area contributed by atoms with E-state index in [4.69, 9.17) is 4.42 Å². The van der Waals surface area contributed by atoms with Crippen molar-refractivity contribution in [1.82, 2.24) is 19.5 Å². The predicted molar refractivity (Wildman–Crippen MR) is 104 cm³/mol. The quantitative estimate of drug-likeness (QED) is 0.571. The highest BCUT2D eigenvalue weighted by Crippen LogP contribution is 2.41. The molecule has 3 aromatic heterocycles. The first-order valence-corrected chi connectivity index (χ1v) is 10.0. The maximum atomic E-state index is 11.0. The van der Waals surface area contributed by atoms with Gasteiger partial charge in [0.05, 0.1) is 11.1 Å². The van der Waals surface area contributed by atoms with Gasteiger partial charge in [-0.25, -0.2) is 0 Å². The summed E-state index contributed by atoms with van der Waals surface area (Å²) in [5.74, 6) is 1.62. The van der Waals surface area contributed by atoms with Crippen molar-refractivity contribution in [3.63, 3.8) is 0 Å². The van der Waals surface area contributed by atoms with Crippen molar-refractivity contribution in [2.24, 2.45) is 0 Å². The fourth-order valence-corrected chi connectivity index (χ4v) is 4.83. The molecule has 0 saturated carbocycles. The average molecular weight is 380 g/mol. The molecule has 0 radical (unpaired) electrons. The van der Waals surface area contributed by atoms with E-state index in [2.05, 4.69) is 15.0 Å². The van der Waals surface area contributed by atoms with Crippen LogP contribution in [0, 0.1) is 0 Å². The van der Waals surface area contributed by atoms with Crippen LogP contribution >= 0.6 is 11.3 Å². The van der Waals surface area contributed by atoms with Gasteiger partial charge in [0, 0.05) is 5.56 Å². The molecule has 0 aliphatic carbocycles. The summed E-state index contributed by atoms with van der Waals surface area (Å²) in [6, 6.07) is 13.6. The molecule has 4 heterocycles. The van der Waals surface area contributed by atoms with Crippen LogP contribution in [0.3, 0.4) is 0 Å². The maximum Gasteiger partial charge on any atom is 0.230 e. The molecule has 1 fully saturated rings. The van der Waals surface area contributed by atoms with Crippen LogP contribution in [-0.4, -0.2) is 37.7 Å². The van der Waals surface area contributed by atoms with E-state index >= 15 is 0 Å². The monoisotopic (exact) mass is 380 g/mol. The smallest absolute Gasteiger partial charge is 0.230 e. The van der Waals surface area contributed by atoms with Crippen molar-refractivity contribution in [3.05, 3.63) is 59.4 Å². The number of aromatic hydroxyl groups is 1. The van der Waals surface area contributed by atoms with Crippen LogP contribution in [0.1, 0.15) is 35.9 Å². The molecule has 138 valence electrons. The Balaban J connectivity index is 1.58. The average Bonchev–Trinajstić information content (AvgIpc) is 3.44. The fraction of sp³-hybridized carbons (Fsp3) is 0.300. The van der Waals surface area contributed by atoms with Crippen LogP contribution in [0.2, 0.25) is 0 Å². The Hall–Kier alpha value is -2.64. The molecule has 1 atom stereocenters. The van der Waals surface area contributed by atoms with E-state index in [-0.39, 0.29) is 11.9 Å². The number of likely N-dealkylation sites (tertiary alicyclic amines) is 1. The number of fused-ring (bicyclic) bond motifs is 1. The van der Waals surface area contributed by atoms with E-state index in [9.17, 15) is 5.11 Å². The van der Waals surface area contributed by atoms with Gasteiger partial charge in [0.2, 0.25) is 10.8 Å². The molecule has 0 bridgehead atoms. The Bertz CT molecular complexity index is 1030. The van der Waals surface area contributed by atoms with E-state index in [1.165, 1.54) is 17.8 Å². The lowest BCUT2D eigenvalue weighted by Crippen LogP contribution is -2.33. The molecule has 4 aromatic rings. The lowest BCUT2D eigenvalue weighted by molar-refractivity contribution is 0.169. The van der Waals surface area contributed by atoms with Crippen LogP contribution in [0.15, 0.2) is 53.1 Å². The van der Waals surface area contributed by atoms with Crippen molar-refractivity contribution >= 4 is 16.3 Å². The van der Waals surface area contributed by atoms with E-state index in [0.717, 1.165) is 42.1 Å². The summed E-state index contributed by atoms with van der Waals surface area (Å²) in [5, 5.41) is 15.5. The van der Waals surface area contributed by atoms with Gasteiger partial charge in [-0.1, -0.05) is 48.1 Å². The maximum absolute atomic E-state index is 11.0. The Morgan fingerprint density at radius 2 is 1.85 bits per heavy atom. The van der Waals surface area contributed by atoms with Gasteiger partial charge in [-0.05, 0) is 38.1 Å². The number of aromatic nitrogens is 3. The number of hydrogen-bond acceptors (Lipinski definition) is 6. The number of nitrogens with zero attached hydrogens (tertiary/aromatic N) is 4. The Kier molecular flexibility index (Phi) is 4.18. The molecular formula is C20H20N4O2S. The van der Waals surface area contributed by atoms with Gasteiger partial charge in [0.15, 0.2) is 5.82 Å². The summed E-state index contributed by atoms with van der Waals surface area (Å²) in [5.41, 5.74) is 0.938. The van der Waals surface area contributed by atoms with Crippen molar-refractivity contribution in [2.75, 3.05) is 13.1 Å². The minimum absolute atomic E-state index is 0.103. The fourth-order valence-electron chi connectivity index (χ4n) is 3.74. The van der Waals surface area contributed by atoms with Crippen molar-refractivity contribution < 1.29 is 9.52 Å². The Labute approximate surface area is 160 Å². The van der Waals surface area contributed by atoms with Gasteiger partial charge in [-0.3, -0.25) is 4.90 Å². The van der Waals surface area contributed by atoms with Crippen LogP contribution in [-0.2, 0) is 0 Å². The largest absolute Gasteiger partial charge is 0.492 e. The van der Waals surface area contributed by atoms with Crippen molar-refractivity contribution in [3.8, 4) is 17.3 Å². The Morgan fingerprint density at radius 3 is 2.56 bits per heavy atom. The first kappa shape index (κ1) is 16.5. The summed E-state index contributed by atoms with van der Waals surface area (Å²) < 4.78 is 7.27. The zero-order valence-electron chi connectivity index (χ0n) is 14.8. The van der Waals surface area contributed by atoms with Crippen molar-refractivity contribution in [2.45, 2.75) is 25.3 Å². The zero-order valence-corrected chi connectivity index (χ0v) is 15.6. The number of hydrogen-bond donors (Lipinski definition) is 1. The first-order valence-electron chi connectivity index (χ1n) is 9.22. The van der Waals surface area contributed by atoms with E-state index in [0.29, 0.717) is 10.8 Å². The van der Waals surface area contributed by atoms with Crippen molar-refractivity contribution in [1.29, 1.82) is 0 Å². The summed E-state index contributed by atoms with van der Waals surface area (Å²) in [6.45, 7) is 1.99. The second-order valence-electron chi connectivity index (χ2n) is 6.80. The van der Waals surface area contributed by atoms with Gasteiger partial charge < -0.3 is 9.52 Å². The summed E-state index contributed by atoms with van der Waals surface area (Å²) >= 11 is 1.48. The van der Waals surface area contributed by atoms with Gasteiger partial charge >= 0.3 is 0 Å². The number of thiazole rings is 1. The standard InChI is InChI=1S/C20H20N4O2S/c25-19-17(16(15-10-7-13-26-15)23-11-5-2-6-12-23)27-20-21-18(22-24(19)20)14-8-3-1-4-9-14/h1,3-4,7-10,13,16,25H,2,5-6,11-12H2. The molecule has 1 saturated heterocycles. The van der Waals surface area contributed by atoms with Gasteiger partial charge in [0.1, 0.15) is 11.8 Å². The molecule has 27 heavy (non-hydrogen) atoms. The van der Waals surface area contributed by atoms with Gasteiger partial charge in [-0.2, -0.15) is 9.50 Å². The molecule has 1 unspecified atom stereocenters. The third-order valence-corrected chi connectivity index (χ3v) is 6.12. The second kappa shape index (κ2) is 6.83. The molecule has 5 rings (SSSR count). The van der Waals surface area contributed by atoms with Gasteiger partial charge in [0.25, 0.3) is 0 Å². The van der Waals surface area contributed by atoms with E-state index in [1.54, 1.807) is 10.8 Å². The first-order chi connectivity index (χ1) is 13.3. The number of furan rings is 1. The lowest BCUT2D eigenvalue weighted by Gasteiger charge is -2.32. The highest BCUT2D eigenvalue weighted by molar-refractivity contribution is 7.17. The van der Waals surface area contributed by atoms with Gasteiger partial charge in [-0.15, -0.1) is 5.10 Å². The molecule has 6 nitrogen and oxygen atoms in total. The molecule has 1 N–H and O–H groups in total. The van der Waals surface area contributed by atoms with E-state index in [1.807, 2.05) is 42.5 Å². The normalized spacial score (nSPS) is 16.7. The third-order valence-electron chi connectivity index (χ3n) is 5.05. The second-order valence-corrected chi connectivity index (χ2v) is 7.81. The number of piperidine rings is 1. The summed E-state index contributed by atoms with van der Waals surface area (Å²) in [4.78, 5) is 8.54. The molecular weight excluding hydrogens is 360 g/mol. The lowest BCUT2D eigenvalue weighted by atomic mass is 10.1. The zero-order chi connectivity index (χ0) is 18.2. The molecule has 0 spiro atoms. The minimum atomic E-state index is -0.103. The summed E-state index contributed by atoms with van der Waals surface area (Å²) in [7, 11) is 0. The minimum Gasteiger partial charge on any atom is -0.492 e. The molecule has 1 aromatic carbocycles. The molecule has 0 amide bonds. The topological polar surface area (TPSA) is 66.8 Å². The highest BCUT2D eigenvalue weighted by atomic mass is 32.1. The summed E-state index contributed by atoms with van der Waals surface area (Å²) in [6.07, 6.45) is 5.27. The highest BCUT2D eigenvalue weighted by Gasteiger charge is 2.32. The predicted octanol–water partition coefficient (Wildman–Crippen LogP) is 4.33. The molecule has 1 aliphatic heterocycles. The number of rotatable bonds is 4. The van der Waals surface area contributed by atoms with Crippen LogP contribution in [0.25, 0.3) is 16.3 Å². The Morgan fingerprint density at radius 1 is 1.04 bits per heavy atom. The molecule has 1 aliphatic rings. The third kappa shape index (κ3) is 2.93. The van der Waals surface area contributed by atoms with Crippen LogP contribution < -0.4 is 0 Å². The number of benzene rings is 1. The van der Waals surface area contributed by atoms with Crippen LogP contribution in [0.5, 0.6) is 5.88 Å². The van der Waals surface area contributed by atoms with Crippen LogP contribution in [0.4, 0.5) is 0 Å². The molecule has 7 heteroatoms. The SMILES string of the molecule is Oc1c(C(c2ccco2)N2CCCCC2)sc2nc(-c3ccccc3)nn12.